The minimum Gasteiger partial charge on any atom is -0.326 e. The number of amides is 1. The Hall–Kier alpha value is -2.76. The van der Waals surface area contributed by atoms with E-state index in [1.165, 1.54) is 6.07 Å². The normalized spacial score (nSPS) is 9.89. The fourth-order valence-electron chi connectivity index (χ4n) is 1.65. The molecule has 0 atom stereocenters. The van der Waals surface area contributed by atoms with E-state index >= 15 is 0 Å². The number of carbonyl (C=O) groups excluding carboxylic acids is 1. The second-order valence-corrected chi connectivity index (χ2v) is 3.85. The second kappa shape index (κ2) is 5.72. The zero-order chi connectivity index (χ0) is 13.7. The monoisotopic (exact) mass is 257 g/mol. The molecule has 2 aromatic rings. The molecule has 0 saturated carbocycles. The summed E-state index contributed by atoms with van der Waals surface area (Å²) in [5.74, 6) is -0.305. The highest BCUT2D eigenvalue weighted by atomic mass is 16.6. The van der Waals surface area contributed by atoms with Crippen LogP contribution in [0.25, 0.3) is 0 Å². The third-order valence-electron chi connectivity index (χ3n) is 2.50. The summed E-state index contributed by atoms with van der Waals surface area (Å²) in [4.78, 5) is 26.0. The number of carbonyl (C=O) groups is 1. The van der Waals surface area contributed by atoms with Crippen LogP contribution in [-0.2, 0) is 11.2 Å². The topological polar surface area (TPSA) is 85.1 Å². The number of nitro groups is 1. The van der Waals surface area contributed by atoms with Gasteiger partial charge in [0.25, 0.3) is 5.69 Å². The SMILES string of the molecule is O=C(Cc1ccccc1[N+](=O)[O-])Nc1ccncc1. The molecule has 0 radical (unpaired) electrons. The first-order valence-electron chi connectivity index (χ1n) is 5.59. The van der Waals surface area contributed by atoms with Gasteiger partial charge >= 0.3 is 0 Å². The zero-order valence-corrected chi connectivity index (χ0v) is 9.95. The summed E-state index contributed by atoms with van der Waals surface area (Å²) in [7, 11) is 0. The van der Waals surface area contributed by atoms with Gasteiger partial charge in [-0.15, -0.1) is 0 Å². The van der Waals surface area contributed by atoms with Crippen LogP contribution in [0.4, 0.5) is 11.4 Å². The highest BCUT2D eigenvalue weighted by Gasteiger charge is 2.15. The minimum absolute atomic E-state index is 0.0422. The van der Waals surface area contributed by atoms with E-state index in [1.54, 1.807) is 42.7 Å². The number of aromatic nitrogens is 1. The predicted molar refractivity (Wildman–Crippen MR) is 69.7 cm³/mol. The van der Waals surface area contributed by atoms with Crippen molar-refractivity contribution in [2.24, 2.45) is 0 Å². The molecule has 2 rings (SSSR count). The van der Waals surface area contributed by atoms with Crippen LogP contribution in [0, 0.1) is 10.1 Å². The Kier molecular flexibility index (Phi) is 3.82. The molecule has 0 spiro atoms. The summed E-state index contributed by atoms with van der Waals surface area (Å²) in [6, 6.07) is 9.50. The average Bonchev–Trinajstić information content (AvgIpc) is 2.40. The van der Waals surface area contributed by atoms with Gasteiger partial charge in [-0.3, -0.25) is 19.9 Å². The van der Waals surface area contributed by atoms with Crippen molar-refractivity contribution in [3.63, 3.8) is 0 Å². The summed E-state index contributed by atoms with van der Waals surface area (Å²) in [5.41, 5.74) is 0.949. The van der Waals surface area contributed by atoms with E-state index in [-0.39, 0.29) is 18.0 Å². The molecule has 0 unspecified atom stereocenters. The molecular weight excluding hydrogens is 246 g/mol. The number of hydrogen-bond acceptors (Lipinski definition) is 4. The van der Waals surface area contributed by atoms with Gasteiger partial charge in [0.1, 0.15) is 0 Å². The molecule has 96 valence electrons. The molecule has 0 aliphatic rings. The molecule has 1 heterocycles. The van der Waals surface area contributed by atoms with Crippen molar-refractivity contribution in [3.05, 3.63) is 64.5 Å². The fraction of sp³-hybridized carbons (Fsp3) is 0.0769. The summed E-state index contributed by atoms with van der Waals surface area (Å²) in [5, 5.41) is 13.5. The molecule has 0 aliphatic carbocycles. The number of hydrogen-bond donors (Lipinski definition) is 1. The van der Waals surface area contributed by atoms with Crippen LogP contribution < -0.4 is 5.32 Å². The summed E-state index contributed by atoms with van der Waals surface area (Å²) in [6.45, 7) is 0. The number of nitrogens with one attached hydrogen (secondary N) is 1. The third-order valence-corrected chi connectivity index (χ3v) is 2.50. The molecular formula is C13H11N3O3. The van der Waals surface area contributed by atoms with E-state index in [1.807, 2.05) is 0 Å². The molecule has 1 N–H and O–H groups in total. The highest BCUT2D eigenvalue weighted by Crippen LogP contribution is 2.18. The van der Waals surface area contributed by atoms with E-state index in [0.717, 1.165) is 0 Å². The lowest BCUT2D eigenvalue weighted by Gasteiger charge is -2.05. The Morgan fingerprint density at radius 1 is 1.21 bits per heavy atom. The quantitative estimate of drug-likeness (QED) is 0.671. The van der Waals surface area contributed by atoms with Crippen molar-refractivity contribution < 1.29 is 9.72 Å². The van der Waals surface area contributed by atoms with Gasteiger partial charge < -0.3 is 5.32 Å². The maximum Gasteiger partial charge on any atom is 0.273 e. The van der Waals surface area contributed by atoms with Crippen LogP contribution >= 0.6 is 0 Å². The lowest BCUT2D eigenvalue weighted by atomic mass is 10.1. The van der Waals surface area contributed by atoms with Crippen molar-refractivity contribution in [1.29, 1.82) is 0 Å². The molecule has 1 amide bonds. The standard InChI is InChI=1S/C13H11N3O3/c17-13(15-11-5-7-14-8-6-11)9-10-3-1-2-4-12(10)16(18)19/h1-8H,9H2,(H,14,15,17). The number of nitro benzene ring substituents is 1. The van der Waals surface area contributed by atoms with Crippen LogP contribution in [0.15, 0.2) is 48.8 Å². The highest BCUT2D eigenvalue weighted by molar-refractivity contribution is 5.92. The van der Waals surface area contributed by atoms with Crippen LogP contribution in [0.3, 0.4) is 0 Å². The molecule has 6 nitrogen and oxygen atoms in total. The molecule has 0 bridgehead atoms. The summed E-state index contributed by atoms with van der Waals surface area (Å²) in [6.07, 6.45) is 3.07. The number of rotatable bonds is 4. The van der Waals surface area contributed by atoms with Crippen molar-refractivity contribution in [1.82, 2.24) is 4.98 Å². The van der Waals surface area contributed by atoms with Crippen LogP contribution in [0.5, 0.6) is 0 Å². The molecule has 6 heteroatoms. The first kappa shape index (κ1) is 12.7. The Morgan fingerprint density at radius 3 is 2.58 bits per heavy atom. The van der Waals surface area contributed by atoms with Gasteiger partial charge in [-0.1, -0.05) is 18.2 Å². The van der Waals surface area contributed by atoms with Crippen molar-refractivity contribution >= 4 is 17.3 Å². The number of pyridine rings is 1. The van der Waals surface area contributed by atoms with Crippen LogP contribution in [-0.4, -0.2) is 15.8 Å². The van der Waals surface area contributed by atoms with Crippen molar-refractivity contribution in [2.75, 3.05) is 5.32 Å². The Bertz CT molecular complexity index is 599. The van der Waals surface area contributed by atoms with E-state index < -0.39 is 4.92 Å². The molecule has 19 heavy (non-hydrogen) atoms. The summed E-state index contributed by atoms with van der Waals surface area (Å²) < 4.78 is 0. The lowest BCUT2D eigenvalue weighted by Crippen LogP contribution is -2.15. The Morgan fingerprint density at radius 2 is 1.89 bits per heavy atom. The fourth-order valence-corrected chi connectivity index (χ4v) is 1.65. The van der Waals surface area contributed by atoms with Crippen LogP contribution in [0.2, 0.25) is 0 Å². The van der Waals surface area contributed by atoms with Gasteiger partial charge in [0.15, 0.2) is 0 Å². The lowest BCUT2D eigenvalue weighted by molar-refractivity contribution is -0.385. The van der Waals surface area contributed by atoms with E-state index in [4.69, 9.17) is 0 Å². The van der Waals surface area contributed by atoms with E-state index in [0.29, 0.717) is 11.3 Å². The van der Waals surface area contributed by atoms with Crippen LogP contribution in [0.1, 0.15) is 5.56 Å². The largest absolute Gasteiger partial charge is 0.326 e. The minimum atomic E-state index is -0.491. The Labute approximate surface area is 109 Å². The number of nitrogens with zero attached hydrogens (tertiary/aromatic N) is 2. The number of benzene rings is 1. The first-order chi connectivity index (χ1) is 9.16. The van der Waals surface area contributed by atoms with Gasteiger partial charge in [0, 0.05) is 29.7 Å². The molecule has 0 saturated heterocycles. The van der Waals surface area contributed by atoms with Gasteiger partial charge in [-0.2, -0.15) is 0 Å². The van der Waals surface area contributed by atoms with Crippen molar-refractivity contribution in [3.8, 4) is 0 Å². The van der Waals surface area contributed by atoms with Gasteiger partial charge in [-0.05, 0) is 12.1 Å². The van der Waals surface area contributed by atoms with Crippen molar-refractivity contribution in [2.45, 2.75) is 6.42 Å². The second-order valence-electron chi connectivity index (χ2n) is 3.85. The summed E-state index contributed by atoms with van der Waals surface area (Å²) >= 11 is 0. The Balaban J connectivity index is 2.09. The number of anilines is 1. The van der Waals surface area contributed by atoms with E-state index in [2.05, 4.69) is 10.3 Å². The number of para-hydroxylation sites is 1. The smallest absolute Gasteiger partial charge is 0.273 e. The van der Waals surface area contributed by atoms with Gasteiger partial charge in [-0.25, -0.2) is 0 Å². The average molecular weight is 257 g/mol. The molecule has 1 aromatic carbocycles. The molecule has 0 fully saturated rings. The first-order valence-corrected chi connectivity index (χ1v) is 5.59. The van der Waals surface area contributed by atoms with Gasteiger partial charge in [0.2, 0.25) is 5.91 Å². The molecule has 1 aromatic heterocycles. The maximum absolute atomic E-state index is 11.8. The molecule has 0 aliphatic heterocycles. The third kappa shape index (κ3) is 3.35. The van der Waals surface area contributed by atoms with E-state index in [9.17, 15) is 14.9 Å². The van der Waals surface area contributed by atoms with Gasteiger partial charge in [0.05, 0.1) is 11.3 Å². The maximum atomic E-state index is 11.8. The zero-order valence-electron chi connectivity index (χ0n) is 9.95. The predicted octanol–water partition coefficient (Wildman–Crippen LogP) is 2.17.